The van der Waals surface area contributed by atoms with Crippen LogP contribution in [0.2, 0.25) is 5.02 Å². The number of halogens is 2. The van der Waals surface area contributed by atoms with Gasteiger partial charge in [-0.05, 0) is 36.7 Å². The summed E-state index contributed by atoms with van der Waals surface area (Å²) in [5, 5.41) is 0.497. The van der Waals surface area contributed by atoms with Gasteiger partial charge in [0.2, 0.25) is 10.0 Å². The first-order chi connectivity index (χ1) is 9.98. The summed E-state index contributed by atoms with van der Waals surface area (Å²) < 4.78 is 26.8. The Morgan fingerprint density at radius 2 is 1.86 bits per heavy atom. The second-order valence-corrected chi connectivity index (χ2v) is 7.74. The van der Waals surface area contributed by atoms with Crippen LogP contribution in [-0.2, 0) is 15.9 Å². The Labute approximate surface area is 136 Å². The number of sulfonamides is 1. The zero-order chi connectivity index (χ0) is 15.5. The molecule has 1 aliphatic rings. The molecule has 0 atom stereocenters. The van der Waals surface area contributed by atoms with E-state index in [1.165, 1.54) is 0 Å². The van der Waals surface area contributed by atoms with E-state index < -0.39 is 10.0 Å². The minimum Gasteiger partial charge on any atom is -0.301 e. The van der Waals surface area contributed by atoms with E-state index in [1.807, 2.05) is 0 Å². The highest BCUT2D eigenvalue weighted by molar-refractivity contribution is 7.89. The summed E-state index contributed by atoms with van der Waals surface area (Å²) in [7, 11) is -3.46. The Kier molecular flexibility index (Phi) is 5.91. The first kappa shape index (κ1) is 17.0. The zero-order valence-electron chi connectivity index (χ0n) is 12.1. The lowest BCUT2D eigenvalue weighted by atomic mass is 10.2. The lowest BCUT2D eigenvalue weighted by Crippen LogP contribution is -2.48. The summed E-state index contributed by atoms with van der Waals surface area (Å²) in [6.07, 6.45) is 1.09. The highest BCUT2D eigenvalue weighted by Gasteiger charge is 2.28. The molecule has 0 amide bonds. The van der Waals surface area contributed by atoms with Gasteiger partial charge in [0.15, 0.2) is 0 Å². The Bertz CT molecular complexity index is 585. The van der Waals surface area contributed by atoms with Crippen LogP contribution in [0.5, 0.6) is 0 Å². The smallest absolute Gasteiger partial charge is 0.243 e. The molecule has 1 aromatic carbocycles. The molecule has 0 bridgehead atoms. The summed E-state index contributed by atoms with van der Waals surface area (Å²) in [6, 6.07) is 4.72. The van der Waals surface area contributed by atoms with Crippen molar-refractivity contribution in [2.45, 2.75) is 24.1 Å². The Morgan fingerprint density at radius 1 is 1.19 bits per heavy atom. The zero-order valence-corrected chi connectivity index (χ0v) is 14.4. The Balaban J connectivity index is 2.15. The number of hydrogen-bond donors (Lipinski definition) is 0. The first-order valence-electron chi connectivity index (χ1n) is 7.06. The molecule has 1 aliphatic heterocycles. The van der Waals surface area contributed by atoms with Crippen LogP contribution >= 0.6 is 23.2 Å². The topological polar surface area (TPSA) is 40.6 Å². The van der Waals surface area contributed by atoms with Crippen LogP contribution < -0.4 is 0 Å². The Hall–Kier alpha value is -0.330. The normalized spacial score (nSPS) is 18.0. The molecule has 1 heterocycles. The minimum atomic E-state index is -3.46. The maximum Gasteiger partial charge on any atom is 0.243 e. The highest BCUT2D eigenvalue weighted by atomic mass is 35.5. The van der Waals surface area contributed by atoms with Gasteiger partial charge in [0.25, 0.3) is 0 Å². The molecule has 7 heteroatoms. The fourth-order valence-electron chi connectivity index (χ4n) is 2.47. The molecule has 21 heavy (non-hydrogen) atoms. The van der Waals surface area contributed by atoms with Crippen molar-refractivity contribution in [2.24, 2.45) is 0 Å². The fourth-order valence-corrected chi connectivity index (χ4v) is 4.42. The van der Waals surface area contributed by atoms with Crippen LogP contribution in [0.1, 0.15) is 18.9 Å². The van der Waals surface area contributed by atoms with Crippen molar-refractivity contribution >= 4 is 33.2 Å². The number of piperazine rings is 1. The van der Waals surface area contributed by atoms with Crippen LogP contribution in [0.3, 0.4) is 0 Å². The third kappa shape index (κ3) is 3.90. The van der Waals surface area contributed by atoms with Gasteiger partial charge in [-0.25, -0.2) is 8.42 Å². The maximum atomic E-state index is 12.7. The summed E-state index contributed by atoms with van der Waals surface area (Å²) in [5.74, 6) is 0.201. The van der Waals surface area contributed by atoms with E-state index in [0.717, 1.165) is 26.1 Å². The van der Waals surface area contributed by atoms with E-state index in [4.69, 9.17) is 23.2 Å². The van der Waals surface area contributed by atoms with Crippen LogP contribution in [0.4, 0.5) is 0 Å². The largest absolute Gasteiger partial charge is 0.301 e. The quantitative estimate of drug-likeness (QED) is 0.766. The second-order valence-electron chi connectivity index (χ2n) is 5.13. The van der Waals surface area contributed by atoms with Gasteiger partial charge in [-0.15, -0.1) is 11.6 Å². The van der Waals surface area contributed by atoms with E-state index in [9.17, 15) is 8.42 Å². The molecular formula is C14H20Cl2N2O2S. The van der Waals surface area contributed by atoms with E-state index in [2.05, 4.69) is 11.8 Å². The molecule has 0 saturated carbocycles. The average Bonchev–Trinajstić information content (AvgIpc) is 2.48. The van der Waals surface area contributed by atoms with E-state index in [0.29, 0.717) is 23.7 Å². The summed E-state index contributed by atoms with van der Waals surface area (Å²) in [4.78, 5) is 2.56. The standard InChI is InChI=1S/C14H20Cl2N2O2S/c1-2-5-17-6-8-18(9-7-17)21(19,20)13-3-4-14(16)12(10-13)11-15/h3-4,10H,2,5-9,11H2,1H3. The lowest BCUT2D eigenvalue weighted by molar-refractivity contribution is 0.188. The maximum absolute atomic E-state index is 12.7. The van der Waals surface area contributed by atoms with Crippen molar-refractivity contribution in [1.29, 1.82) is 0 Å². The third-order valence-corrected chi connectivity index (χ3v) is 6.22. The molecule has 1 saturated heterocycles. The molecule has 0 aliphatic carbocycles. The number of benzene rings is 1. The number of rotatable bonds is 5. The molecule has 1 aromatic rings. The fraction of sp³-hybridized carbons (Fsp3) is 0.571. The SMILES string of the molecule is CCCN1CCN(S(=O)(=O)c2ccc(Cl)c(CCl)c2)CC1. The molecule has 0 N–H and O–H groups in total. The molecule has 0 aromatic heterocycles. The van der Waals surface area contributed by atoms with Gasteiger partial charge in [-0.2, -0.15) is 4.31 Å². The summed E-state index contributed by atoms with van der Waals surface area (Å²) >= 11 is 11.8. The minimum absolute atomic E-state index is 0.201. The van der Waals surface area contributed by atoms with Gasteiger partial charge in [-0.3, -0.25) is 0 Å². The predicted molar refractivity (Wildman–Crippen MR) is 86.5 cm³/mol. The van der Waals surface area contributed by atoms with Crippen LogP contribution in [0, 0.1) is 0 Å². The van der Waals surface area contributed by atoms with Gasteiger partial charge < -0.3 is 4.90 Å². The van der Waals surface area contributed by atoms with Gasteiger partial charge in [0.1, 0.15) is 0 Å². The van der Waals surface area contributed by atoms with Gasteiger partial charge >= 0.3 is 0 Å². The molecule has 0 spiro atoms. The molecule has 0 radical (unpaired) electrons. The third-order valence-electron chi connectivity index (χ3n) is 3.67. The van der Waals surface area contributed by atoms with Crippen LogP contribution in [0.15, 0.2) is 23.1 Å². The lowest BCUT2D eigenvalue weighted by Gasteiger charge is -2.33. The first-order valence-corrected chi connectivity index (χ1v) is 9.41. The van der Waals surface area contributed by atoms with E-state index in [1.54, 1.807) is 22.5 Å². The van der Waals surface area contributed by atoms with Crippen molar-refractivity contribution in [3.05, 3.63) is 28.8 Å². The Morgan fingerprint density at radius 3 is 2.43 bits per heavy atom. The predicted octanol–water partition coefficient (Wildman–Crippen LogP) is 2.80. The van der Waals surface area contributed by atoms with E-state index in [-0.39, 0.29) is 10.8 Å². The van der Waals surface area contributed by atoms with Crippen molar-refractivity contribution in [2.75, 3.05) is 32.7 Å². The van der Waals surface area contributed by atoms with Crippen molar-refractivity contribution < 1.29 is 8.42 Å². The van der Waals surface area contributed by atoms with Crippen LogP contribution in [-0.4, -0.2) is 50.3 Å². The number of hydrogen-bond acceptors (Lipinski definition) is 3. The van der Waals surface area contributed by atoms with Crippen molar-refractivity contribution in [3.63, 3.8) is 0 Å². The van der Waals surface area contributed by atoms with Gasteiger partial charge in [-0.1, -0.05) is 18.5 Å². The second kappa shape index (κ2) is 7.29. The van der Waals surface area contributed by atoms with Gasteiger partial charge in [0.05, 0.1) is 4.90 Å². The van der Waals surface area contributed by atoms with Crippen molar-refractivity contribution in [3.8, 4) is 0 Å². The van der Waals surface area contributed by atoms with Crippen molar-refractivity contribution in [1.82, 2.24) is 9.21 Å². The molecular weight excluding hydrogens is 331 g/mol. The summed E-state index contributed by atoms with van der Waals surface area (Å²) in [5.41, 5.74) is 0.643. The molecule has 0 unspecified atom stereocenters. The van der Waals surface area contributed by atoms with Crippen LogP contribution in [0.25, 0.3) is 0 Å². The average molecular weight is 351 g/mol. The molecule has 1 fully saturated rings. The molecule has 2 rings (SSSR count). The van der Waals surface area contributed by atoms with Gasteiger partial charge in [0, 0.05) is 37.1 Å². The molecule has 4 nitrogen and oxygen atoms in total. The number of alkyl halides is 1. The summed E-state index contributed by atoms with van der Waals surface area (Å²) in [6.45, 7) is 5.77. The molecule has 118 valence electrons. The number of nitrogens with zero attached hydrogens (tertiary/aromatic N) is 2. The monoisotopic (exact) mass is 350 g/mol. The van der Waals surface area contributed by atoms with E-state index >= 15 is 0 Å². The highest BCUT2D eigenvalue weighted by Crippen LogP contribution is 2.24.